The Morgan fingerprint density at radius 1 is 0.935 bits per heavy atom. The number of halogens is 3. The van der Waals surface area contributed by atoms with Crippen LogP contribution in [0.5, 0.6) is 0 Å². The Morgan fingerprint density at radius 3 is 2.03 bits per heavy atom. The molecule has 0 aliphatic heterocycles. The number of rotatable bonds is 3. The summed E-state index contributed by atoms with van der Waals surface area (Å²) in [5.41, 5.74) is 7.60. The number of hydrogen-bond donors (Lipinski definition) is 2. The van der Waals surface area contributed by atoms with Crippen LogP contribution in [0.3, 0.4) is 0 Å². The second-order valence-corrected chi connectivity index (χ2v) is 7.12. The number of aromatic nitrogens is 1. The fourth-order valence-electron chi connectivity index (χ4n) is 3.26. The maximum Gasteiger partial charge on any atom is 0.418 e. The molecule has 1 amide bonds. The average Bonchev–Trinajstić information content (AvgIpc) is 2.97. The number of carboxylic acid groups (broad SMARTS) is 1. The van der Waals surface area contributed by atoms with Crippen LogP contribution in [0, 0.1) is 27.7 Å². The predicted octanol–water partition coefficient (Wildman–Crippen LogP) is 5.21. The largest absolute Gasteiger partial charge is 0.478 e. The van der Waals surface area contributed by atoms with Crippen molar-refractivity contribution < 1.29 is 27.9 Å². The number of benzene rings is 2. The molecule has 2 aromatic carbocycles. The van der Waals surface area contributed by atoms with E-state index in [0.717, 1.165) is 17.2 Å². The summed E-state index contributed by atoms with van der Waals surface area (Å²) < 4.78 is 40.4. The SMILES string of the molecule is Cc1cc(C(=O)O)c(C)n1-c1ccccc1C(F)(F)F.Cc1ccc(C)c(C(N)=O)c1. The van der Waals surface area contributed by atoms with Crippen LogP contribution >= 0.6 is 0 Å². The first-order valence-corrected chi connectivity index (χ1v) is 9.30. The van der Waals surface area contributed by atoms with Crippen LogP contribution in [0.15, 0.2) is 48.5 Å². The molecule has 0 spiro atoms. The number of para-hydroxylation sites is 1. The standard InChI is InChI=1S/C14H12F3NO2.C9H11NO/c1-8-7-10(13(19)20)9(2)18(8)12-6-4-3-5-11(12)14(15,16)17;1-6-3-4-7(2)8(5-6)9(10)11/h3-7H,1-2H3,(H,19,20);3-5H,1-2H3,(H2,10,11). The van der Waals surface area contributed by atoms with Crippen molar-refractivity contribution in [3.05, 3.63) is 87.7 Å². The number of nitrogens with two attached hydrogens (primary N) is 1. The maximum absolute atomic E-state index is 13.0. The molecule has 31 heavy (non-hydrogen) atoms. The number of carbonyl (C=O) groups excluding carboxylic acids is 1. The van der Waals surface area contributed by atoms with Gasteiger partial charge in [0.15, 0.2) is 0 Å². The van der Waals surface area contributed by atoms with Gasteiger partial charge in [-0.15, -0.1) is 0 Å². The van der Waals surface area contributed by atoms with Crippen LogP contribution in [-0.2, 0) is 6.18 Å². The van der Waals surface area contributed by atoms with Gasteiger partial charge in [0.25, 0.3) is 0 Å². The van der Waals surface area contributed by atoms with Gasteiger partial charge in [-0.05, 0) is 57.5 Å². The van der Waals surface area contributed by atoms with Gasteiger partial charge in [0.05, 0.1) is 16.8 Å². The second kappa shape index (κ2) is 9.07. The highest BCUT2D eigenvalue weighted by molar-refractivity contribution is 5.94. The number of alkyl halides is 3. The highest BCUT2D eigenvalue weighted by Crippen LogP contribution is 2.35. The fraction of sp³-hybridized carbons (Fsp3) is 0.217. The molecule has 0 unspecified atom stereocenters. The Morgan fingerprint density at radius 2 is 1.55 bits per heavy atom. The summed E-state index contributed by atoms with van der Waals surface area (Å²) in [4.78, 5) is 21.9. The molecule has 0 aliphatic rings. The van der Waals surface area contributed by atoms with E-state index in [4.69, 9.17) is 10.8 Å². The minimum Gasteiger partial charge on any atom is -0.478 e. The summed E-state index contributed by atoms with van der Waals surface area (Å²) in [6.45, 7) is 6.88. The lowest BCUT2D eigenvalue weighted by molar-refractivity contribution is -0.137. The highest BCUT2D eigenvalue weighted by Gasteiger charge is 2.34. The first-order valence-electron chi connectivity index (χ1n) is 9.30. The van der Waals surface area contributed by atoms with Crippen molar-refractivity contribution in [2.24, 2.45) is 5.73 Å². The third-order valence-electron chi connectivity index (χ3n) is 4.77. The first-order chi connectivity index (χ1) is 14.3. The van der Waals surface area contributed by atoms with Crippen molar-refractivity contribution in [2.45, 2.75) is 33.9 Å². The van der Waals surface area contributed by atoms with Crippen LogP contribution in [-0.4, -0.2) is 21.6 Å². The Labute approximate surface area is 177 Å². The molecule has 0 aliphatic carbocycles. The van der Waals surface area contributed by atoms with E-state index >= 15 is 0 Å². The zero-order valence-electron chi connectivity index (χ0n) is 17.5. The molecule has 3 aromatic rings. The molecule has 0 fully saturated rings. The fourth-order valence-corrected chi connectivity index (χ4v) is 3.26. The van der Waals surface area contributed by atoms with Crippen molar-refractivity contribution in [2.75, 3.05) is 0 Å². The van der Waals surface area contributed by atoms with Crippen molar-refractivity contribution in [1.82, 2.24) is 4.57 Å². The molecule has 0 radical (unpaired) electrons. The number of aromatic carboxylic acids is 1. The monoisotopic (exact) mass is 432 g/mol. The minimum absolute atomic E-state index is 0.000484. The minimum atomic E-state index is -4.50. The summed E-state index contributed by atoms with van der Waals surface area (Å²) in [5.74, 6) is -1.51. The molecule has 1 heterocycles. The van der Waals surface area contributed by atoms with Crippen LogP contribution in [0.1, 0.15) is 48.8 Å². The summed E-state index contributed by atoms with van der Waals surface area (Å²) in [5, 5.41) is 9.04. The van der Waals surface area contributed by atoms with Crippen LogP contribution in [0.2, 0.25) is 0 Å². The predicted molar refractivity (Wildman–Crippen MR) is 112 cm³/mol. The Bertz CT molecular complexity index is 1130. The number of amides is 1. The number of primary amides is 1. The highest BCUT2D eigenvalue weighted by atomic mass is 19.4. The maximum atomic E-state index is 13.0. The molecule has 8 heteroatoms. The second-order valence-electron chi connectivity index (χ2n) is 7.12. The summed E-state index contributed by atoms with van der Waals surface area (Å²) in [6.07, 6.45) is -4.50. The Kier molecular flexibility index (Phi) is 6.95. The molecule has 3 N–H and O–H groups in total. The molecular weight excluding hydrogens is 409 g/mol. The van der Waals surface area contributed by atoms with Gasteiger partial charge in [-0.1, -0.05) is 29.8 Å². The zero-order valence-corrected chi connectivity index (χ0v) is 17.5. The summed E-state index contributed by atoms with van der Waals surface area (Å²) in [6, 6.07) is 12.1. The Balaban J connectivity index is 0.000000262. The number of aryl methyl sites for hydroxylation is 3. The van der Waals surface area contributed by atoms with Gasteiger partial charge in [0.2, 0.25) is 5.91 Å². The van der Waals surface area contributed by atoms with Crippen molar-refractivity contribution in [3.8, 4) is 5.69 Å². The van der Waals surface area contributed by atoms with Crippen molar-refractivity contribution >= 4 is 11.9 Å². The van der Waals surface area contributed by atoms with E-state index in [2.05, 4.69) is 0 Å². The lowest BCUT2D eigenvalue weighted by atomic mass is 10.1. The third-order valence-corrected chi connectivity index (χ3v) is 4.77. The van der Waals surface area contributed by atoms with Gasteiger partial charge in [-0.2, -0.15) is 13.2 Å². The van der Waals surface area contributed by atoms with E-state index in [1.807, 2.05) is 26.0 Å². The van der Waals surface area contributed by atoms with Gasteiger partial charge in [0.1, 0.15) is 0 Å². The number of hydrogen-bond acceptors (Lipinski definition) is 2. The molecule has 0 saturated carbocycles. The van der Waals surface area contributed by atoms with E-state index in [1.54, 1.807) is 13.0 Å². The van der Waals surface area contributed by atoms with Gasteiger partial charge in [0, 0.05) is 17.0 Å². The summed E-state index contributed by atoms with van der Waals surface area (Å²) >= 11 is 0. The van der Waals surface area contributed by atoms with E-state index in [-0.39, 0.29) is 22.9 Å². The quantitative estimate of drug-likeness (QED) is 0.596. The van der Waals surface area contributed by atoms with E-state index in [0.29, 0.717) is 11.3 Å². The van der Waals surface area contributed by atoms with Crippen molar-refractivity contribution in [3.63, 3.8) is 0 Å². The average molecular weight is 432 g/mol. The topological polar surface area (TPSA) is 85.3 Å². The number of nitrogens with zero attached hydrogens (tertiary/aromatic N) is 1. The van der Waals surface area contributed by atoms with E-state index in [9.17, 15) is 22.8 Å². The lowest BCUT2D eigenvalue weighted by Gasteiger charge is -2.16. The normalized spacial score (nSPS) is 10.9. The molecule has 5 nitrogen and oxygen atoms in total. The summed E-state index contributed by atoms with van der Waals surface area (Å²) in [7, 11) is 0. The van der Waals surface area contributed by atoms with E-state index in [1.165, 1.54) is 35.8 Å². The third kappa shape index (κ3) is 5.33. The lowest BCUT2D eigenvalue weighted by Crippen LogP contribution is -2.12. The van der Waals surface area contributed by atoms with Gasteiger partial charge < -0.3 is 15.4 Å². The smallest absolute Gasteiger partial charge is 0.418 e. The van der Waals surface area contributed by atoms with Crippen LogP contribution in [0.4, 0.5) is 13.2 Å². The van der Waals surface area contributed by atoms with Crippen molar-refractivity contribution in [1.29, 1.82) is 0 Å². The molecule has 0 bridgehead atoms. The van der Waals surface area contributed by atoms with Crippen LogP contribution in [0.25, 0.3) is 5.69 Å². The van der Waals surface area contributed by atoms with Crippen LogP contribution < -0.4 is 5.73 Å². The Hall–Kier alpha value is -3.55. The molecule has 0 atom stereocenters. The molecule has 3 rings (SSSR count). The van der Waals surface area contributed by atoms with E-state index < -0.39 is 17.7 Å². The molecule has 164 valence electrons. The zero-order chi connectivity index (χ0) is 23.5. The molecular formula is C23H23F3N2O3. The number of carbonyl (C=O) groups is 2. The number of carboxylic acids is 1. The first kappa shape index (κ1) is 23.7. The van der Waals surface area contributed by atoms with Gasteiger partial charge >= 0.3 is 12.1 Å². The molecule has 0 saturated heterocycles. The van der Waals surface area contributed by atoms with Gasteiger partial charge in [-0.25, -0.2) is 4.79 Å². The van der Waals surface area contributed by atoms with Gasteiger partial charge in [-0.3, -0.25) is 4.79 Å². The molecule has 1 aromatic heterocycles.